The lowest BCUT2D eigenvalue weighted by molar-refractivity contribution is -0.404. The predicted octanol–water partition coefficient (Wildman–Crippen LogP) is 1.51. The third kappa shape index (κ3) is 6.97. The zero-order valence-corrected chi connectivity index (χ0v) is 13.3. The van der Waals surface area contributed by atoms with Gasteiger partial charge in [-0.3, -0.25) is 15.1 Å². The molecule has 10 heteroatoms. The number of thioether (sulfide) groups is 1. The molecule has 0 radical (unpaired) electrons. The predicted molar refractivity (Wildman–Crippen MR) is 84.3 cm³/mol. The number of hydrogen-bond donors (Lipinski definition) is 2. The molecule has 0 bridgehead atoms. The molecule has 22 heavy (non-hydrogen) atoms. The van der Waals surface area contributed by atoms with E-state index in [1.807, 2.05) is 12.1 Å². The maximum atomic E-state index is 10.3. The molecule has 0 saturated carbocycles. The first-order valence-electron chi connectivity index (χ1n) is 6.51. The zero-order chi connectivity index (χ0) is 16.4. The maximum Gasteiger partial charge on any atom is 0.274 e. The normalized spacial score (nSPS) is 11.1. The number of furan rings is 1. The van der Waals surface area contributed by atoms with E-state index < -0.39 is 4.92 Å². The molecular weight excluding hydrogens is 310 g/mol. The molecule has 0 fully saturated rings. The standard InChI is InChI=1S/C12H19N5O4S/c1-13-12(8-17(19)20)14-5-6-22-9-11-4-3-10(21-11)7-16(2)15-18/h3-4,8,13-14H,5-7,9H2,1-2H3/b12-8+. The zero-order valence-electron chi connectivity index (χ0n) is 12.4. The Kier molecular flexibility index (Phi) is 7.83. The molecule has 122 valence electrons. The van der Waals surface area contributed by atoms with Gasteiger partial charge in [0, 0.05) is 26.4 Å². The highest BCUT2D eigenvalue weighted by Gasteiger charge is 2.05. The minimum atomic E-state index is -0.512. The van der Waals surface area contributed by atoms with Crippen molar-refractivity contribution in [2.45, 2.75) is 12.3 Å². The van der Waals surface area contributed by atoms with Crippen molar-refractivity contribution in [3.63, 3.8) is 0 Å². The van der Waals surface area contributed by atoms with Crippen molar-refractivity contribution < 1.29 is 9.34 Å². The van der Waals surface area contributed by atoms with Gasteiger partial charge in [-0.1, -0.05) is 0 Å². The molecule has 0 aliphatic rings. The van der Waals surface area contributed by atoms with Gasteiger partial charge in [-0.2, -0.15) is 11.8 Å². The van der Waals surface area contributed by atoms with Crippen molar-refractivity contribution in [2.75, 3.05) is 26.4 Å². The molecule has 1 heterocycles. The molecule has 0 unspecified atom stereocenters. The number of nitrogens with zero attached hydrogens (tertiary/aromatic N) is 3. The van der Waals surface area contributed by atoms with Crippen molar-refractivity contribution in [1.82, 2.24) is 15.6 Å². The molecule has 0 aliphatic heterocycles. The van der Waals surface area contributed by atoms with Crippen LogP contribution in [0.4, 0.5) is 0 Å². The van der Waals surface area contributed by atoms with E-state index >= 15 is 0 Å². The minimum Gasteiger partial charge on any atom is -0.463 e. The van der Waals surface area contributed by atoms with Crippen LogP contribution in [0.2, 0.25) is 0 Å². The quantitative estimate of drug-likeness (QED) is 0.272. The van der Waals surface area contributed by atoms with Gasteiger partial charge in [0.15, 0.2) is 5.82 Å². The van der Waals surface area contributed by atoms with Gasteiger partial charge >= 0.3 is 0 Å². The van der Waals surface area contributed by atoms with Crippen LogP contribution in [0, 0.1) is 15.0 Å². The highest BCUT2D eigenvalue weighted by Crippen LogP contribution is 2.16. The Balaban J connectivity index is 2.24. The molecule has 9 nitrogen and oxygen atoms in total. The van der Waals surface area contributed by atoms with Gasteiger partial charge in [0.1, 0.15) is 11.5 Å². The molecule has 0 aliphatic carbocycles. The van der Waals surface area contributed by atoms with E-state index in [1.54, 1.807) is 25.9 Å². The van der Waals surface area contributed by atoms with Crippen LogP contribution >= 0.6 is 11.8 Å². The molecule has 1 rings (SSSR count). The molecule has 0 spiro atoms. The van der Waals surface area contributed by atoms with Gasteiger partial charge in [-0.05, 0) is 12.1 Å². The second-order valence-corrected chi connectivity index (χ2v) is 5.43. The van der Waals surface area contributed by atoms with Crippen LogP contribution in [0.15, 0.2) is 33.9 Å². The van der Waals surface area contributed by atoms with E-state index in [0.717, 1.165) is 17.7 Å². The summed E-state index contributed by atoms with van der Waals surface area (Å²) in [5.74, 6) is 3.32. The topological polar surface area (TPSA) is 113 Å². The summed E-state index contributed by atoms with van der Waals surface area (Å²) < 4.78 is 5.56. The van der Waals surface area contributed by atoms with Gasteiger partial charge in [-0.15, -0.1) is 4.91 Å². The molecule has 2 N–H and O–H groups in total. The van der Waals surface area contributed by atoms with Crippen LogP contribution < -0.4 is 10.6 Å². The van der Waals surface area contributed by atoms with Crippen LogP contribution in [0.1, 0.15) is 11.5 Å². The third-order valence-electron chi connectivity index (χ3n) is 2.55. The maximum absolute atomic E-state index is 10.3. The lowest BCUT2D eigenvalue weighted by Crippen LogP contribution is -2.26. The number of hydrogen-bond acceptors (Lipinski definition) is 8. The van der Waals surface area contributed by atoms with Crippen molar-refractivity contribution in [3.8, 4) is 0 Å². The average molecular weight is 329 g/mol. The molecule has 0 atom stereocenters. The number of rotatable bonds is 11. The van der Waals surface area contributed by atoms with Crippen LogP contribution in [-0.2, 0) is 12.3 Å². The highest BCUT2D eigenvalue weighted by molar-refractivity contribution is 7.98. The first kappa shape index (κ1) is 17.8. The van der Waals surface area contributed by atoms with Gasteiger partial charge in [-0.25, -0.2) is 0 Å². The Morgan fingerprint density at radius 1 is 1.55 bits per heavy atom. The summed E-state index contributed by atoms with van der Waals surface area (Å²) in [5.41, 5.74) is 0. The average Bonchev–Trinajstić information content (AvgIpc) is 2.92. The van der Waals surface area contributed by atoms with Crippen LogP contribution in [-0.4, -0.2) is 36.3 Å². The fraction of sp³-hybridized carbons (Fsp3) is 0.500. The van der Waals surface area contributed by atoms with Gasteiger partial charge < -0.3 is 15.1 Å². The van der Waals surface area contributed by atoms with E-state index in [2.05, 4.69) is 15.9 Å². The largest absolute Gasteiger partial charge is 0.463 e. The van der Waals surface area contributed by atoms with E-state index in [-0.39, 0.29) is 0 Å². The van der Waals surface area contributed by atoms with Gasteiger partial charge in [0.25, 0.3) is 6.20 Å². The molecule has 0 amide bonds. The second kappa shape index (κ2) is 9.66. The summed E-state index contributed by atoms with van der Waals surface area (Å²) in [6, 6.07) is 3.68. The second-order valence-electron chi connectivity index (χ2n) is 4.32. The van der Waals surface area contributed by atoms with E-state index in [0.29, 0.717) is 30.4 Å². The van der Waals surface area contributed by atoms with Crippen molar-refractivity contribution in [1.29, 1.82) is 0 Å². The van der Waals surface area contributed by atoms with Crippen molar-refractivity contribution in [2.24, 2.45) is 5.29 Å². The Bertz CT molecular complexity index is 519. The molecule has 0 aromatic carbocycles. The summed E-state index contributed by atoms with van der Waals surface area (Å²) in [6.45, 7) is 0.934. The highest BCUT2D eigenvalue weighted by atomic mass is 32.2. The summed E-state index contributed by atoms with van der Waals surface area (Å²) in [7, 11) is 3.19. The van der Waals surface area contributed by atoms with E-state index in [4.69, 9.17) is 4.42 Å². The van der Waals surface area contributed by atoms with Gasteiger partial charge in [0.05, 0.1) is 22.5 Å². The summed E-state index contributed by atoms with van der Waals surface area (Å²) in [6.07, 6.45) is 0.890. The number of nitrogens with one attached hydrogen (secondary N) is 2. The summed E-state index contributed by atoms with van der Waals surface area (Å²) in [5, 5.41) is 20.0. The van der Waals surface area contributed by atoms with E-state index in [9.17, 15) is 15.0 Å². The van der Waals surface area contributed by atoms with E-state index in [1.165, 1.54) is 5.01 Å². The van der Waals surface area contributed by atoms with Crippen LogP contribution in [0.25, 0.3) is 0 Å². The molecule has 0 saturated heterocycles. The minimum absolute atomic E-state index is 0.340. The molecule has 1 aromatic heterocycles. The van der Waals surface area contributed by atoms with Crippen LogP contribution in [0.5, 0.6) is 0 Å². The molecular formula is C12H19N5O4S. The fourth-order valence-corrected chi connectivity index (χ4v) is 2.32. The monoisotopic (exact) mass is 329 g/mol. The third-order valence-corrected chi connectivity index (χ3v) is 3.53. The Morgan fingerprint density at radius 2 is 2.27 bits per heavy atom. The van der Waals surface area contributed by atoms with Crippen LogP contribution in [0.3, 0.4) is 0 Å². The summed E-state index contributed by atoms with van der Waals surface area (Å²) in [4.78, 5) is 20.1. The smallest absolute Gasteiger partial charge is 0.274 e. The molecule has 1 aromatic rings. The van der Waals surface area contributed by atoms with Crippen molar-refractivity contribution >= 4 is 11.8 Å². The lowest BCUT2D eigenvalue weighted by atomic mass is 10.4. The lowest BCUT2D eigenvalue weighted by Gasteiger charge is -2.07. The first-order chi connectivity index (χ1) is 10.5. The van der Waals surface area contributed by atoms with Crippen molar-refractivity contribution in [3.05, 3.63) is 50.7 Å². The number of nitro groups is 1. The fourth-order valence-electron chi connectivity index (χ4n) is 1.57. The number of nitroso groups, excluding NO2 is 1. The Labute approximate surface area is 132 Å². The summed E-state index contributed by atoms with van der Waals surface area (Å²) >= 11 is 1.64. The Morgan fingerprint density at radius 3 is 2.91 bits per heavy atom. The first-order valence-corrected chi connectivity index (χ1v) is 7.67. The Hall–Kier alpha value is -2.23. The van der Waals surface area contributed by atoms with Gasteiger partial charge in [0.2, 0.25) is 0 Å². The SMILES string of the molecule is CN/C(=C\[N+](=O)[O-])NCCSCc1ccc(CN(C)N=O)o1.